The van der Waals surface area contributed by atoms with Gasteiger partial charge in [-0.05, 0) is 232 Å². The zero-order chi connectivity index (χ0) is 68.3. The van der Waals surface area contributed by atoms with E-state index in [-0.39, 0.29) is 16.5 Å². The lowest BCUT2D eigenvalue weighted by atomic mass is 9.81. The molecule has 0 aliphatic heterocycles. The van der Waals surface area contributed by atoms with Crippen LogP contribution in [-0.4, -0.2) is 4.57 Å². The highest BCUT2D eigenvalue weighted by Crippen LogP contribution is 2.49. The maximum absolute atomic E-state index is 15.1. The van der Waals surface area contributed by atoms with Gasteiger partial charge in [0, 0.05) is 16.3 Å². The highest BCUT2D eigenvalue weighted by atomic mass is 19.4. The second-order valence-corrected chi connectivity index (χ2v) is 26.6. The SMILES string of the molecule is Cc1ccccc1-c1ccccc1-c1cc(-c2ccc3c(c2)c2cc(-c4cc(-c5ccccc5-c5ccccc5C)cc(-c5ccccc5-c5ccccc5C(F)(F)F)c4)ccc2n3-c2ccccc2-c2ccccc2C(C)(C)C)cc(-c2ccccc2-c2ccccc2C(F)(F)F)c1. The summed E-state index contributed by atoms with van der Waals surface area (Å²) >= 11 is 0. The van der Waals surface area contributed by atoms with Gasteiger partial charge in [-0.1, -0.05) is 257 Å². The average molecular weight is 1300 g/mol. The molecular formula is C92H67F6N. The van der Waals surface area contributed by atoms with E-state index in [1.54, 1.807) is 48.5 Å². The summed E-state index contributed by atoms with van der Waals surface area (Å²) in [7, 11) is 0. The number of aryl methyl sites for hydroxylation is 2. The van der Waals surface area contributed by atoms with Crippen molar-refractivity contribution < 1.29 is 26.3 Å². The van der Waals surface area contributed by atoms with E-state index in [4.69, 9.17) is 0 Å². The number of halogens is 6. The molecule has 0 fully saturated rings. The molecule has 99 heavy (non-hydrogen) atoms. The van der Waals surface area contributed by atoms with Crippen molar-refractivity contribution in [3.05, 3.63) is 343 Å². The fourth-order valence-electron chi connectivity index (χ4n) is 14.7. The van der Waals surface area contributed by atoms with E-state index in [1.807, 2.05) is 72.8 Å². The van der Waals surface area contributed by atoms with Gasteiger partial charge in [0.05, 0.1) is 27.8 Å². The molecule has 15 aromatic rings. The van der Waals surface area contributed by atoms with E-state index >= 15 is 26.3 Å². The molecule has 0 spiro atoms. The number of benzene rings is 14. The van der Waals surface area contributed by atoms with Crippen LogP contribution in [0.2, 0.25) is 0 Å². The van der Waals surface area contributed by atoms with Crippen molar-refractivity contribution in [2.24, 2.45) is 0 Å². The molecule has 0 amide bonds. The number of nitrogens with zero attached hydrogens (tertiary/aromatic N) is 1. The van der Waals surface area contributed by atoms with Crippen LogP contribution < -0.4 is 0 Å². The van der Waals surface area contributed by atoms with Crippen molar-refractivity contribution in [3.8, 4) is 128 Å². The third kappa shape index (κ3) is 12.0. The highest BCUT2D eigenvalue weighted by molar-refractivity contribution is 6.13. The average Bonchev–Trinajstić information content (AvgIpc) is 1.62. The molecule has 1 heterocycles. The van der Waals surface area contributed by atoms with Crippen LogP contribution in [0.4, 0.5) is 26.3 Å². The Bertz CT molecular complexity index is 5320. The third-order valence-electron chi connectivity index (χ3n) is 19.3. The normalized spacial score (nSPS) is 12.0. The molecule has 0 N–H and O–H groups in total. The van der Waals surface area contributed by atoms with Crippen molar-refractivity contribution in [2.75, 3.05) is 0 Å². The van der Waals surface area contributed by atoms with Crippen molar-refractivity contribution in [1.82, 2.24) is 4.57 Å². The Morgan fingerprint density at radius 3 is 0.828 bits per heavy atom. The first-order valence-corrected chi connectivity index (χ1v) is 33.3. The van der Waals surface area contributed by atoms with Gasteiger partial charge in [0.25, 0.3) is 0 Å². The monoisotopic (exact) mass is 1300 g/mol. The topological polar surface area (TPSA) is 4.93 Å². The van der Waals surface area contributed by atoms with E-state index in [0.29, 0.717) is 22.3 Å². The van der Waals surface area contributed by atoms with Crippen LogP contribution in [0.25, 0.3) is 150 Å². The molecule has 15 rings (SSSR count). The Morgan fingerprint density at radius 1 is 0.222 bits per heavy atom. The number of fused-ring (bicyclic) bond motifs is 3. The van der Waals surface area contributed by atoms with Crippen LogP contribution in [-0.2, 0) is 17.8 Å². The minimum Gasteiger partial charge on any atom is -0.309 e. The van der Waals surface area contributed by atoms with Crippen LogP contribution >= 0.6 is 0 Å². The van der Waals surface area contributed by atoms with Crippen LogP contribution in [0, 0.1) is 13.8 Å². The lowest BCUT2D eigenvalue weighted by Gasteiger charge is -2.24. The van der Waals surface area contributed by atoms with Gasteiger partial charge in [-0.3, -0.25) is 0 Å². The van der Waals surface area contributed by atoms with Crippen LogP contribution in [0.1, 0.15) is 48.6 Å². The summed E-state index contributed by atoms with van der Waals surface area (Å²) in [6, 6.07) is 103. The van der Waals surface area contributed by atoms with E-state index in [0.717, 1.165) is 140 Å². The fraction of sp³-hybridized carbons (Fsp3) is 0.0870. The summed E-state index contributed by atoms with van der Waals surface area (Å²) in [4.78, 5) is 0. The summed E-state index contributed by atoms with van der Waals surface area (Å²) in [5, 5.41) is 1.90. The Balaban J connectivity index is 1.00. The van der Waals surface area contributed by atoms with Gasteiger partial charge in [0.15, 0.2) is 0 Å². The van der Waals surface area contributed by atoms with Crippen LogP contribution in [0.5, 0.6) is 0 Å². The number of alkyl halides is 6. The van der Waals surface area contributed by atoms with Gasteiger partial charge in [-0.25, -0.2) is 0 Å². The molecule has 0 saturated heterocycles. The molecule has 0 aliphatic carbocycles. The molecule has 0 bridgehead atoms. The number of hydrogen-bond donors (Lipinski definition) is 0. The number of aromatic nitrogens is 1. The second-order valence-electron chi connectivity index (χ2n) is 26.6. The van der Waals surface area contributed by atoms with Crippen molar-refractivity contribution in [2.45, 2.75) is 52.4 Å². The summed E-state index contributed by atoms with van der Waals surface area (Å²) in [5.41, 5.74) is 22.1. The fourth-order valence-corrected chi connectivity index (χ4v) is 14.7. The van der Waals surface area contributed by atoms with Gasteiger partial charge in [0.1, 0.15) is 0 Å². The lowest BCUT2D eigenvalue weighted by Crippen LogP contribution is -2.13. The predicted molar refractivity (Wildman–Crippen MR) is 399 cm³/mol. The Hall–Kier alpha value is -11.5. The summed E-state index contributed by atoms with van der Waals surface area (Å²) in [6.45, 7) is 10.9. The van der Waals surface area contributed by atoms with Gasteiger partial charge in [-0.2, -0.15) is 26.3 Å². The molecule has 0 saturated carbocycles. The first kappa shape index (κ1) is 63.5. The molecule has 14 aromatic carbocycles. The largest absolute Gasteiger partial charge is 0.417 e. The molecular weight excluding hydrogens is 1230 g/mol. The molecule has 0 atom stereocenters. The highest BCUT2D eigenvalue weighted by Gasteiger charge is 2.35. The van der Waals surface area contributed by atoms with Crippen LogP contribution in [0.3, 0.4) is 0 Å². The van der Waals surface area contributed by atoms with Crippen molar-refractivity contribution >= 4 is 21.8 Å². The van der Waals surface area contributed by atoms with E-state index < -0.39 is 23.5 Å². The standard InChI is InChI=1S/C92H67F6N/c1-58-26-6-8-28-68(58)74-34-14-10-30-70(74)64-50-62(52-66(54-64)72-32-12-16-36-76(72)78-38-19-23-43-85(78)91(93,94)95)60-46-48-88-82(56-60)83-57-61(47-49-89(83)99(88)87-45-25-21-41-81(87)80-40-18-22-42-84(80)90(3,4)5)63-51-65(71-31-11-15-35-75(71)69-29-9-7-27-59(69)2)55-67(53-63)73-33-13-17-37-77(73)79-39-20-24-44-86(79)92(96,97)98/h6-57H,1-5H3. The molecule has 0 aliphatic rings. The number of para-hydroxylation sites is 1. The Labute approximate surface area is 573 Å². The maximum atomic E-state index is 15.1. The predicted octanol–water partition coefficient (Wildman–Crippen LogP) is 27.1. The van der Waals surface area contributed by atoms with Crippen molar-refractivity contribution in [3.63, 3.8) is 0 Å². The van der Waals surface area contributed by atoms with Gasteiger partial charge >= 0.3 is 12.4 Å². The molecule has 482 valence electrons. The quantitative estimate of drug-likeness (QED) is 0.107. The first-order valence-electron chi connectivity index (χ1n) is 33.3. The minimum absolute atomic E-state index is 0.0902. The van der Waals surface area contributed by atoms with E-state index in [1.165, 1.54) is 17.7 Å². The van der Waals surface area contributed by atoms with Gasteiger partial charge in [0.2, 0.25) is 0 Å². The molecule has 1 aromatic heterocycles. The number of hydrogen-bond acceptors (Lipinski definition) is 0. The van der Waals surface area contributed by atoms with Crippen LogP contribution in [0.15, 0.2) is 315 Å². The molecule has 0 unspecified atom stereocenters. The molecule has 7 heteroatoms. The zero-order valence-corrected chi connectivity index (χ0v) is 55.2. The van der Waals surface area contributed by atoms with E-state index in [9.17, 15) is 0 Å². The molecule has 1 nitrogen and oxygen atoms in total. The Kier molecular flexibility index (Phi) is 16.3. The summed E-state index contributed by atoms with van der Waals surface area (Å²) in [5.74, 6) is 0. The van der Waals surface area contributed by atoms with E-state index in [2.05, 4.69) is 209 Å². The number of rotatable bonds is 12. The third-order valence-corrected chi connectivity index (χ3v) is 19.3. The lowest BCUT2D eigenvalue weighted by molar-refractivity contribution is -0.137. The molecule has 0 radical (unpaired) electrons. The zero-order valence-electron chi connectivity index (χ0n) is 55.2. The Morgan fingerprint density at radius 2 is 0.485 bits per heavy atom. The summed E-state index contributed by atoms with van der Waals surface area (Å²) in [6.07, 6.45) is -9.21. The van der Waals surface area contributed by atoms with Gasteiger partial charge < -0.3 is 4.57 Å². The smallest absolute Gasteiger partial charge is 0.309 e. The van der Waals surface area contributed by atoms with Gasteiger partial charge in [-0.15, -0.1) is 0 Å². The summed E-state index contributed by atoms with van der Waals surface area (Å²) < 4.78 is 92.8. The second kappa shape index (κ2) is 25.5. The van der Waals surface area contributed by atoms with Crippen molar-refractivity contribution in [1.29, 1.82) is 0 Å². The first-order chi connectivity index (χ1) is 47.9. The maximum Gasteiger partial charge on any atom is 0.417 e. The minimum atomic E-state index is -4.61.